The van der Waals surface area contributed by atoms with Gasteiger partial charge in [0.05, 0.1) is 12.6 Å². The molecule has 0 amide bonds. The highest BCUT2D eigenvalue weighted by Crippen LogP contribution is 2.27. The molecule has 0 fully saturated rings. The van der Waals surface area contributed by atoms with Gasteiger partial charge in [0, 0.05) is 29.4 Å². The van der Waals surface area contributed by atoms with Crippen LogP contribution in [0.2, 0.25) is 0 Å². The monoisotopic (exact) mass is 266 g/mol. The minimum Gasteiger partial charge on any atom is -0.497 e. The molecule has 0 bridgehead atoms. The molecule has 1 N–H and O–H groups in total. The van der Waals surface area contributed by atoms with Crippen LogP contribution < -0.4 is 10.1 Å². The van der Waals surface area contributed by atoms with E-state index >= 15 is 0 Å². The van der Waals surface area contributed by atoms with E-state index in [0.717, 1.165) is 41.0 Å². The summed E-state index contributed by atoms with van der Waals surface area (Å²) < 4.78 is 5.27. The molecule has 1 aromatic heterocycles. The highest BCUT2D eigenvalue weighted by molar-refractivity contribution is 5.92. The Morgan fingerprint density at radius 2 is 2.20 bits per heavy atom. The van der Waals surface area contributed by atoms with Gasteiger partial charge in [-0.3, -0.25) is 4.98 Å². The van der Waals surface area contributed by atoms with Gasteiger partial charge in [0.25, 0.3) is 0 Å². The van der Waals surface area contributed by atoms with Crippen molar-refractivity contribution in [1.82, 2.24) is 4.98 Å². The fraction of sp³-hybridized carbons (Fsp3) is 0.235. The van der Waals surface area contributed by atoms with Gasteiger partial charge >= 0.3 is 0 Å². The van der Waals surface area contributed by atoms with E-state index in [9.17, 15) is 0 Å². The van der Waals surface area contributed by atoms with Gasteiger partial charge in [0.15, 0.2) is 0 Å². The molecule has 0 saturated heterocycles. The number of aromatic nitrogens is 1. The molecule has 0 saturated carbocycles. The van der Waals surface area contributed by atoms with Crippen molar-refractivity contribution in [3.8, 4) is 5.75 Å². The lowest BCUT2D eigenvalue weighted by Crippen LogP contribution is -2.05. The lowest BCUT2D eigenvalue weighted by atomic mass is 10.1. The van der Waals surface area contributed by atoms with Crippen LogP contribution in [0.15, 0.2) is 48.1 Å². The zero-order valence-corrected chi connectivity index (χ0v) is 11.8. The van der Waals surface area contributed by atoms with Crippen LogP contribution in [0, 0.1) is 6.92 Å². The van der Waals surface area contributed by atoms with Crippen molar-refractivity contribution in [3.05, 3.63) is 53.8 Å². The average molecular weight is 266 g/mol. The van der Waals surface area contributed by atoms with Crippen LogP contribution in [0.1, 0.15) is 12.1 Å². The van der Waals surface area contributed by atoms with Gasteiger partial charge in [-0.1, -0.05) is 18.2 Å². The van der Waals surface area contributed by atoms with Crippen molar-refractivity contribution in [2.75, 3.05) is 19.0 Å². The predicted octanol–water partition coefficient (Wildman–Crippen LogP) is 3.85. The topological polar surface area (TPSA) is 34.1 Å². The Morgan fingerprint density at radius 1 is 1.30 bits per heavy atom. The molecule has 102 valence electrons. The van der Waals surface area contributed by atoms with E-state index in [0.29, 0.717) is 0 Å². The Kier molecular flexibility index (Phi) is 3.42. The van der Waals surface area contributed by atoms with Crippen LogP contribution >= 0.6 is 0 Å². The normalized spacial score (nSPS) is 13.6. The zero-order valence-electron chi connectivity index (χ0n) is 11.8. The van der Waals surface area contributed by atoms with Crippen LogP contribution in [0.3, 0.4) is 0 Å². The number of hydrogen-bond acceptors (Lipinski definition) is 3. The molecule has 20 heavy (non-hydrogen) atoms. The van der Waals surface area contributed by atoms with Crippen LogP contribution in [-0.2, 0) is 0 Å². The number of nitrogens with one attached hydrogen (secondary N) is 1. The molecule has 1 aromatic carbocycles. The lowest BCUT2D eigenvalue weighted by Gasteiger charge is -2.12. The number of hydrogen-bond donors (Lipinski definition) is 1. The maximum Gasteiger partial charge on any atom is 0.121 e. The highest BCUT2D eigenvalue weighted by Gasteiger charge is 2.06. The van der Waals surface area contributed by atoms with Gasteiger partial charge in [-0.2, -0.15) is 0 Å². The lowest BCUT2D eigenvalue weighted by molar-refractivity contribution is 0.415. The summed E-state index contributed by atoms with van der Waals surface area (Å²) in [6.45, 7) is 2.89. The number of anilines is 1. The maximum absolute atomic E-state index is 5.27. The van der Waals surface area contributed by atoms with Gasteiger partial charge in [-0.05, 0) is 37.1 Å². The molecular weight excluding hydrogens is 248 g/mol. The second kappa shape index (κ2) is 5.37. The van der Waals surface area contributed by atoms with E-state index in [2.05, 4.69) is 40.7 Å². The highest BCUT2D eigenvalue weighted by atomic mass is 16.5. The quantitative estimate of drug-likeness (QED) is 0.912. The van der Waals surface area contributed by atoms with E-state index in [4.69, 9.17) is 4.74 Å². The van der Waals surface area contributed by atoms with Gasteiger partial charge < -0.3 is 10.1 Å². The fourth-order valence-electron chi connectivity index (χ4n) is 2.45. The molecule has 3 heteroatoms. The van der Waals surface area contributed by atoms with Crippen molar-refractivity contribution >= 4 is 16.6 Å². The minimum absolute atomic E-state index is 0.837. The van der Waals surface area contributed by atoms with Gasteiger partial charge in [0.1, 0.15) is 5.75 Å². The number of ether oxygens (including phenoxy) is 1. The number of aryl methyl sites for hydroxylation is 1. The summed E-state index contributed by atoms with van der Waals surface area (Å²) >= 11 is 0. The molecule has 0 spiro atoms. The molecular formula is C17H18N2O. The third-order valence-corrected chi connectivity index (χ3v) is 3.50. The summed E-state index contributed by atoms with van der Waals surface area (Å²) in [5.41, 5.74) is 4.50. The summed E-state index contributed by atoms with van der Waals surface area (Å²) in [6, 6.07) is 8.10. The first-order chi connectivity index (χ1) is 9.76. The Labute approximate surface area is 119 Å². The van der Waals surface area contributed by atoms with Gasteiger partial charge in [-0.25, -0.2) is 0 Å². The summed E-state index contributed by atoms with van der Waals surface area (Å²) in [5.74, 6) is 0.837. The largest absolute Gasteiger partial charge is 0.497 e. The first kappa shape index (κ1) is 12.7. The fourth-order valence-corrected chi connectivity index (χ4v) is 2.45. The van der Waals surface area contributed by atoms with Crippen LogP contribution in [0.4, 0.5) is 5.69 Å². The molecule has 0 unspecified atom stereocenters. The van der Waals surface area contributed by atoms with Gasteiger partial charge in [-0.15, -0.1) is 0 Å². The van der Waals surface area contributed by atoms with Crippen LogP contribution in [0.5, 0.6) is 5.75 Å². The van der Waals surface area contributed by atoms with Crippen molar-refractivity contribution in [1.29, 1.82) is 0 Å². The molecule has 3 rings (SSSR count). The molecule has 0 atom stereocenters. The minimum atomic E-state index is 0.837. The van der Waals surface area contributed by atoms with Crippen molar-refractivity contribution in [2.45, 2.75) is 13.3 Å². The number of nitrogens with zero attached hydrogens (tertiary/aromatic N) is 1. The predicted molar refractivity (Wildman–Crippen MR) is 83.4 cm³/mol. The van der Waals surface area contributed by atoms with Crippen LogP contribution in [-0.4, -0.2) is 18.6 Å². The second-order valence-electron chi connectivity index (χ2n) is 5.01. The van der Waals surface area contributed by atoms with Crippen molar-refractivity contribution in [2.24, 2.45) is 0 Å². The Balaban J connectivity index is 1.92. The van der Waals surface area contributed by atoms with Crippen molar-refractivity contribution < 1.29 is 4.74 Å². The molecule has 1 aliphatic rings. The van der Waals surface area contributed by atoms with E-state index in [1.807, 2.05) is 19.1 Å². The molecule has 1 heterocycles. The van der Waals surface area contributed by atoms with Crippen LogP contribution in [0.25, 0.3) is 10.9 Å². The molecule has 1 aliphatic carbocycles. The number of fused-ring (bicyclic) bond motifs is 1. The molecule has 0 radical (unpaired) electrons. The number of methoxy groups -OCH3 is 1. The summed E-state index contributed by atoms with van der Waals surface area (Å²) in [7, 11) is 1.68. The number of rotatable bonds is 4. The Morgan fingerprint density at radius 3 is 2.95 bits per heavy atom. The summed E-state index contributed by atoms with van der Waals surface area (Å²) in [6.07, 6.45) is 7.50. The Hall–Kier alpha value is -2.29. The third-order valence-electron chi connectivity index (χ3n) is 3.50. The smallest absolute Gasteiger partial charge is 0.121 e. The number of benzene rings is 1. The summed E-state index contributed by atoms with van der Waals surface area (Å²) in [5, 5.41) is 4.65. The number of pyridine rings is 1. The molecule has 3 nitrogen and oxygen atoms in total. The average Bonchev–Trinajstić information content (AvgIpc) is 2.97. The summed E-state index contributed by atoms with van der Waals surface area (Å²) in [4.78, 5) is 4.58. The second-order valence-corrected chi connectivity index (χ2v) is 5.01. The zero-order chi connectivity index (χ0) is 13.9. The maximum atomic E-state index is 5.27. The van der Waals surface area contributed by atoms with Crippen molar-refractivity contribution in [3.63, 3.8) is 0 Å². The number of allylic oxidation sites excluding steroid dienone is 3. The standard InChI is InChI=1S/C17H18N2O/c1-12-9-16(18-11-13-5-3-4-6-13)15-8-7-14(20-2)10-17(15)19-12/h3-5,7-10H,6,11H2,1-2H3,(H,18,19). The third kappa shape index (κ3) is 2.52. The van der Waals surface area contributed by atoms with E-state index < -0.39 is 0 Å². The SMILES string of the molecule is COc1ccc2c(NCC3=CC=CC3)cc(C)nc2c1. The molecule has 2 aromatic rings. The molecule has 0 aliphatic heterocycles. The Bertz CT molecular complexity index is 701. The van der Waals surface area contributed by atoms with E-state index in [1.54, 1.807) is 7.11 Å². The van der Waals surface area contributed by atoms with Gasteiger partial charge in [0.2, 0.25) is 0 Å². The first-order valence-corrected chi connectivity index (χ1v) is 6.80. The van der Waals surface area contributed by atoms with E-state index in [-0.39, 0.29) is 0 Å². The van der Waals surface area contributed by atoms with E-state index in [1.165, 1.54) is 5.57 Å². The first-order valence-electron chi connectivity index (χ1n) is 6.80.